The SMILES string of the molecule is CCc1ncc(S(=O)(=O)NC2CCCC2C(N)=NO)[nH]1. The Bertz CT molecular complexity index is 595. The van der Waals surface area contributed by atoms with Crippen molar-refractivity contribution in [3.05, 3.63) is 12.0 Å². The molecule has 0 saturated heterocycles. The molecule has 0 radical (unpaired) electrons. The molecule has 1 saturated carbocycles. The summed E-state index contributed by atoms with van der Waals surface area (Å²) in [4.78, 5) is 6.75. The number of nitrogens with zero attached hydrogens (tertiary/aromatic N) is 2. The predicted octanol–water partition coefficient (Wildman–Crippen LogP) is 0.166. The molecule has 2 atom stereocenters. The molecule has 8 nitrogen and oxygen atoms in total. The van der Waals surface area contributed by atoms with Crippen LogP contribution in [0.15, 0.2) is 16.4 Å². The quantitative estimate of drug-likeness (QED) is 0.266. The Kier molecular flexibility index (Phi) is 4.29. The van der Waals surface area contributed by atoms with E-state index in [9.17, 15) is 8.42 Å². The zero-order chi connectivity index (χ0) is 14.8. The summed E-state index contributed by atoms with van der Waals surface area (Å²) in [5.74, 6) is 0.405. The number of amidine groups is 1. The van der Waals surface area contributed by atoms with Crippen LogP contribution < -0.4 is 10.5 Å². The fraction of sp³-hybridized carbons (Fsp3) is 0.636. The number of nitrogens with one attached hydrogen (secondary N) is 2. The summed E-state index contributed by atoms with van der Waals surface area (Å²) >= 11 is 0. The first-order valence-electron chi connectivity index (χ1n) is 6.51. The van der Waals surface area contributed by atoms with E-state index >= 15 is 0 Å². The van der Waals surface area contributed by atoms with Gasteiger partial charge in [-0.25, -0.2) is 18.1 Å². The number of hydrogen-bond donors (Lipinski definition) is 4. The molecule has 1 heterocycles. The number of aromatic amines is 1. The molecule has 1 fully saturated rings. The lowest BCUT2D eigenvalue weighted by molar-refractivity contribution is 0.312. The Morgan fingerprint density at radius 1 is 1.65 bits per heavy atom. The Morgan fingerprint density at radius 3 is 3.00 bits per heavy atom. The van der Waals surface area contributed by atoms with Crippen LogP contribution >= 0.6 is 0 Å². The van der Waals surface area contributed by atoms with Gasteiger partial charge < -0.3 is 15.9 Å². The molecule has 9 heteroatoms. The number of sulfonamides is 1. The molecule has 5 N–H and O–H groups in total. The van der Waals surface area contributed by atoms with E-state index in [2.05, 4.69) is 19.8 Å². The molecule has 1 aliphatic rings. The van der Waals surface area contributed by atoms with Crippen LogP contribution in [0.1, 0.15) is 32.0 Å². The van der Waals surface area contributed by atoms with E-state index in [-0.39, 0.29) is 22.8 Å². The van der Waals surface area contributed by atoms with Crippen molar-refractivity contribution < 1.29 is 13.6 Å². The van der Waals surface area contributed by atoms with Gasteiger partial charge in [-0.3, -0.25) is 0 Å². The van der Waals surface area contributed by atoms with Crippen molar-refractivity contribution in [1.82, 2.24) is 14.7 Å². The lowest BCUT2D eigenvalue weighted by Gasteiger charge is -2.19. The summed E-state index contributed by atoms with van der Waals surface area (Å²) in [5.41, 5.74) is 5.60. The second-order valence-electron chi connectivity index (χ2n) is 4.84. The number of aromatic nitrogens is 2. The van der Waals surface area contributed by atoms with E-state index in [4.69, 9.17) is 10.9 Å². The minimum atomic E-state index is -3.67. The zero-order valence-electron chi connectivity index (χ0n) is 11.2. The van der Waals surface area contributed by atoms with E-state index in [1.807, 2.05) is 6.92 Å². The van der Waals surface area contributed by atoms with Crippen LogP contribution in [0.5, 0.6) is 0 Å². The van der Waals surface area contributed by atoms with E-state index < -0.39 is 10.0 Å². The molecule has 112 valence electrons. The summed E-state index contributed by atoms with van der Waals surface area (Å²) in [5, 5.41) is 11.8. The van der Waals surface area contributed by atoms with Gasteiger partial charge >= 0.3 is 0 Å². The summed E-state index contributed by atoms with van der Waals surface area (Å²) in [6.45, 7) is 1.88. The van der Waals surface area contributed by atoms with Gasteiger partial charge in [-0.1, -0.05) is 18.5 Å². The summed E-state index contributed by atoms with van der Waals surface area (Å²) in [6, 6.07) is -0.357. The average Bonchev–Trinajstić information content (AvgIpc) is 3.06. The third kappa shape index (κ3) is 2.93. The molecule has 0 aromatic carbocycles. The lowest BCUT2D eigenvalue weighted by atomic mass is 10.0. The number of imidazole rings is 1. The molecule has 0 aliphatic heterocycles. The minimum Gasteiger partial charge on any atom is -0.409 e. The molecular weight excluding hydrogens is 282 g/mol. The topological polar surface area (TPSA) is 133 Å². The van der Waals surface area contributed by atoms with Crippen LogP contribution in [-0.2, 0) is 16.4 Å². The van der Waals surface area contributed by atoms with E-state index in [0.717, 1.165) is 6.42 Å². The number of H-pyrrole nitrogens is 1. The lowest BCUT2D eigenvalue weighted by Crippen LogP contribution is -2.42. The number of rotatable bonds is 5. The van der Waals surface area contributed by atoms with Crippen LogP contribution in [0.25, 0.3) is 0 Å². The first kappa shape index (κ1) is 14.8. The summed E-state index contributed by atoms with van der Waals surface area (Å²) < 4.78 is 27.1. The first-order valence-corrected chi connectivity index (χ1v) is 8.00. The standard InChI is InChI=1S/C11H19N5O3S/c1-2-9-13-6-10(14-9)20(18,19)16-8-5-3-4-7(8)11(12)15-17/h6-8,16-17H,2-5H2,1H3,(H2,12,15)(H,13,14). The normalized spacial score (nSPS) is 24.1. The molecule has 0 amide bonds. The fourth-order valence-corrected chi connectivity index (χ4v) is 3.70. The van der Waals surface area contributed by atoms with E-state index in [0.29, 0.717) is 25.1 Å². The minimum absolute atomic E-state index is 0.0412. The number of oxime groups is 1. The Morgan fingerprint density at radius 2 is 2.40 bits per heavy atom. The van der Waals surface area contributed by atoms with Crippen LogP contribution in [0.4, 0.5) is 0 Å². The van der Waals surface area contributed by atoms with E-state index in [1.165, 1.54) is 6.20 Å². The molecule has 1 aromatic rings. The highest BCUT2D eigenvalue weighted by Crippen LogP contribution is 2.27. The number of aryl methyl sites for hydroxylation is 1. The molecule has 1 aliphatic carbocycles. The molecule has 20 heavy (non-hydrogen) atoms. The van der Waals surface area contributed by atoms with Gasteiger partial charge in [0.05, 0.1) is 6.20 Å². The molecule has 0 spiro atoms. The summed E-state index contributed by atoms with van der Waals surface area (Å²) in [6.07, 6.45) is 4.12. The number of hydrogen-bond acceptors (Lipinski definition) is 5. The molecular formula is C11H19N5O3S. The van der Waals surface area contributed by atoms with E-state index in [1.54, 1.807) is 0 Å². The van der Waals surface area contributed by atoms with Gasteiger partial charge in [0.25, 0.3) is 10.0 Å². The average molecular weight is 301 g/mol. The van der Waals surface area contributed by atoms with Crippen molar-refractivity contribution in [2.24, 2.45) is 16.8 Å². The zero-order valence-corrected chi connectivity index (χ0v) is 12.0. The van der Waals surface area contributed by atoms with Crippen LogP contribution in [0.2, 0.25) is 0 Å². The Balaban J connectivity index is 2.15. The van der Waals surface area contributed by atoms with Crippen LogP contribution in [0, 0.1) is 5.92 Å². The third-order valence-corrected chi connectivity index (χ3v) is 4.95. The molecule has 0 bridgehead atoms. The highest BCUT2D eigenvalue weighted by Gasteiger charge is 2.34. The highest BCUT2D eigenvalue weighted by molar-refractivity contribution is 7.89. The monoisotopic (exact) mass is 301 g/mol. The fourth-order valence-electron chi connectivity index (χ4n) is 2.45. The van der Waals surface area contributed by atoms with Gasteiger partial charge in [-0.05, 0) is 12.8 Å². The van der Waals surface area contributed by atoms with Gasteiger partial charge in [-0.15, -0.1) is 0 Å². The predicted molar refractivity (Wildman–Crippen MR) is 72.8 cm³/mol. The van der Waals surface area contributed by atoms with Crippen LogP contribution in [0.3, 0.4) is 0 Å². The van der Waals surface area contributed by atoms with Gasteiger partial charge in [0, 0.05) is 18.4 Å². The van der Waals surface area contributed by atoms with Crippen molar-refractivity contribution in [3.63, 3.8) is 0 Å². The van der Waals surface area contributed by atoms with Crippen molar-refractivity contribution in [1.29, 1.82) is 0 Å². The van der Waals surface area contributed by atoms with Crippen molar-refractivity contribution >= 4 is 15.9 Å². The Hall–Kier alpha value is -1.61. The maximum atomic E-state index is 12.2. The second kappa shape index (κ2) is 5.80. The summed E-state index contributed by atoms with van der Waals surface area (Å²) in [7, 11) is -3.67. The maximum absolute atomic E-state index is 12.2. The van der Waals surface area contributed by atoms with Gasteiger partial charge in [-0.2, -0.15) is 0 Å². The van der Waals surface area contributed by atoms with Crippen LogP contribution in [-0.4, -0.2) is 35.5 Å². The van der Waals surface area contributed by atoms with Crippen molar-refractivity contribution in [2.75, 3.05) is 0 Å². The van der Waals surface area contributed by atoms with Crippen molar-refractivity contribution in [2.45, 2.75) is 43.7 Å². The first-order chi connectivity index (χ1) is 9.47. The maximum Gasteiger partial charge on any atom is 0.257 e. The molecule has 2 rings (SSSR count). The number of nitrogens with two attached hydrogens (primary N) is 1. The molecule has 1 aromatic heterocycles. The highest BCUT2D eigenvalue weighted by atomic mass is 32.2. The van der Waals surface area contributed by atoms with Gasteiger partial charge in [0.2, 0.25) is 0 Å². The second-order valence-corrected chi connectivity index (χ2v) is 6.52. The van der Waals surface area contributed by atoms with Gasteiger partial charge in [0.1, 0.15) is 11.7 Å². The third-order valence-electron chi connectivity index (χ3n) is 3.55. The smallest absolute Gasteiger partial charge is 0.257 e. The molecule has 2 unspecified atom stereocenters. The largest absolute Gasteiger partial charge is 0.409 e. The Labute approximate surface area is 117 Å². The van der Waals surface area contributed by atoms with Crippen molar-refractivity contribution in [3.8, 4) is 0 Å². The van der Waals surface area contributed by atoms with Gasteiger partial charge in [0.15, 0.2) is 5.03 Å².